The van der Waals surface area contributed by atoms with Crippen molar-refractivity contribution in [3.8, 4) is 0 Å². The van der Waals surface area contributed by atoms with Crippen molar-refractivity contribution in [2.75, 3.05) is 33.2 Å². The third kappa shape index (κ3) is 3.25. The van der Waals surface area contributed by atoms with E-state index in [-0.39, 0.29) is 0 Å². The lowest BCUT2D eigenvalue weighted by atomic mass is 9.88. The highest BCUT2D eigenvalue weighted by Crippen LogP contribution is 2.26. The van der Waals surface area contributed by atoms with Gasteiger partial charge in [-0.15, -0.1) is 0 Å². The fourth-order valence-electron chi connectivity index (χ4n) is 3.40. The number of hydrogen-bond acceptors (Lipinski definition) is 3. The minimum Gasteiger partial charge on any atom is -0.314 e. The first-order valence-electron chi connectivity index (χ1n) is 7.71. The predicted octanol–water partition coefficient (Wildman–Crippen LogP) is 1.93. The molecule has 0 spiro atoms. The second-order valence-electron chi connectivity index (χ2n) is 6.71. The normalized spacial score (nSPS) is 27.8. The Morgan fingerprint density at radius 2 is 1.61 bits per heavy atom. The van der Waals surface area contributed by atoms with Crippen LogP contribution in [-0.2, 0) is 0 Å². The van der Waals surface area contributed by atoms with E-state index in [1.165, 1.54) is 51.9 Å². The molecule has 0 aromatic heterocycles. The Kier molecular flexibility index (Phi) is 4.68. The van der Waals surface area contributed by atoms with E-state index in [1.54, 1.807) is 0 Å². The van der Waals surface area contributed by atoms with Gasteiger partial charge in [-0.25, -0.2) is 0 Å². The van der Waals surface area contributed by atoms with E-state index < -0.39 is 0 Å². The Labute approximate surface area is 113 Å². The molecule has 3 heteroatoms. The molecule has 0 aliphatic carbocycles. The highest BCUT2D eigenvalue weighted by Gasteiger charge is 2.32. The van der Waals surface area contributed by atoms with Gasteiger partial charge in [0.05, 0.1) is 0 Å². The van der Waals surface area contributed by atoms with Gasteiger partial charge in [-0.05, 0) is 66.6 Å². The lowest BCUT2D eigenvalue weighted by molar-refractivity contribution is 0.0581. The van der Waals surface area contributed by atoms with Crippen LogP contribution >= 0.6 is 0 Å². The van der Waals surface area contributed by atoms with Crippen LogP contribution in [0.15, 0.2) is 0 Å². The molecule has 0 atom stereocenters. The van der Waals surface area contributed by atoms with Gasteiger partial charge in [0.1, 0.15) is 0 Å². The van der Waals surface area contributed by atoms with E-state index in [9.17, 15) is 0 Å². The molecule has 2 aliphatic rings. The lowest BCUT2D eigenvalue weighted by Crippen LogP contribution is -2.54. The second kappa shape index (κ2) is 5.89. The fourth-order valence-corrected chi connectivity index (χ4v) is 3.40. The van der Waals surface area contributed by atoms with E-state index in [2.05, 4.69) is 42.9 Å². The molecule has 1 N–H and O–H groups in total. The minimum absolute atomic E-state index is 0.384. The lowest BCUT2D eigenvalue weighted by Gasteiger charge is -2.45. The zero-order valence-electron chi connectivity index (χ0n) is 12.7. The van der Waals surface area contributed by atoms with Crippen molar-refractivity contribution in [1.29, 1.82) is 0 Å². The van der Waals surface area contributed by atoms with Crippen molar-refractivity contribution >= 4 is 0 Å². The minimum atomic E-state index is 0.384. The van der Waals surface area contributed by atoms with Gasteiger partial charge in [0.15, 0.2) is 0 Å². The van der Waals surface area contributed by atoms with E-state index in [4.69, 9.17) is 0 Å². The summed E-state index contributed by atoms with van der Waals surface area (Å²) in [5, 5.41) is 3.49. The van der Waals surface area contributed by atoms with Gasteiger partial charge in [0.25, 0.3) is 0 Å². The number of nitrogens with zero attached hydrogens (tertiary/aromatic N) is 2. The summed E-state index contributed by atoms with van der Waals surface area (Å²) >= 11 is 0. The van der Waals surface area contributed by atoms with E-state index in [1.807, 2.05) is 0 Å². The van der Waals surface area contributed by atoms with Gasteiger partial charge in [0.2, 0.25) is 0 Å². The van der Waals surface area contributed by atoms with Crippen LogP contribution in [0.2, 0.25) is 0 Å². The molecular formula is C15H31N3. The molecule has 18 heavy (non-hydrogen) atoms. The summed E-state index contributed by atoms with van der Waals surface area (Å²) in [6.07, 6.45) is 5.34. The zero-order valence-corrected chi connectivity index (χ0v) is 12.7. The van der Waals surface area contributed by atoms with Gasteiger partial charge in [-0.1, -0.05) is 0 Å². The predicted molar refractivity (Wildman–Crippen MR) is 78.0 cm³/mol. The summed E-state index contributed by atoms with van der Waals surface area (Å²) in [6.45, 7) is 12.2. The fraction of sp³-hybridized carbons (Fsp3) is 1.00. The number of likely N-dealkylation sites (tertiary alicyclic amines) is 2. The number of nitrogens with one attached hydrogen (secondary N) is 1. The molecule has 0 aromatic carbocycles. The van der Waals surface area contributed by atoms with Crippen LogP contribution in [0.3, 0.4) is 0 Å². The Hall–Kier alpha value is -0.120. The molecule has 0 aromatic rings. The van der Waals surface area contributed by atoms with Gasteiger partial charge in [-0.2, -0.15) is 0 Å². The molecule has 2 fully saturated rings. The van der Waals surface area contributed by atoms with Crippen LogP contribution < -0.4 is 5.32 Å². The summed E-state index contributed by atoms with van der Waals surface area (Å²) < 4.78 is 0. The smallest absolute Gasteiger partial charge is 0.0174 e. The molecule has 106 valence electrons. The molecule has 3 nitrogen and oxygen atoms in total. The van der Waals surface area contributed by atoms with Crippen molar-refractivity contribution in [3.05, 3.63) is 0 Å². The maximum absolute atomic E-state index is 3.49. The van der Waals surface area contributed by atoms with Gasteiger partial charge in [-0.3, -0.25) is 0 Å². The first-order chi connectivity index (χ1) is 8.54. The Morgan fingerprint density at radius 1 is 1.06 bits per heavy atom. The van der Waals surface area contributed by atoms with Crippen LogP contribution in [0, 0.1) is 0 Å². The number of rotatable bonds is 3. The quantitative estimate of drug-likeness (QED) is 0.829. The second-order valence-corrected chi connectivity index (χ2v) is 6.71. The van der Waals surface area contributed by atoms with Crippen LogP contribution in [0.25, 0.3) is 0 Å². The van der Waals surface area contributed by atoms with Crippen molar-refractivity contribution in [1.82, 2.24) is 15.1 Å². The molecule has 0 saturated carbocycles. The first kappa shape index (κ1) is 14.3. The molecule has 0 bridgehead atoms. The van der Waals surface area contributed by atoms with Crippen LogP contribution in [0.4, 0.5) is 0 Å². The summed E-state index contributed by atoms with van der Waals surface area (Å²) in [6, 6.07) is 1.57. The van der Waals surface area contributed by atoms with Crippen molar-refractivity contribution in [3.63, 3.8) is 0 Å². The van der Waals surface area contributed by atoms with Crippen LogP contribution in [-0.4, -0.2) is 60.6 Å². The van der Waals surface area contributed by atoms with Gasteiger partial charge in [0, 0.05) is 30.7 Å². The van der Waals surface area contributed by atoms with Crippen molar-refractivity contribution < 1.29 is 0 Å². The number of piperidine rings is 2. The molecule has 2 rings (SSSR count). The monoisotopic (exact) mass is 253 g/mol. The largest absolute Gasteiger partial charge is 0.314 e. The highest BCUT2D eigenvalue weighted by molar-refractivity contribution is 4.91. The topological polar surface area (TPSA) is 18.5 Å². The maximum atomic E-state index is 3.49. The Morgan fingerprint density at radius 3 is 2.06 bits per heavy atom. The van der Waals surface area contributed by atoms with Crippen LogP contribution in [0.5, 0.6) is 0 Å². The molecule has 2 heterocycles. The summed E-state index contributed by atoms with van der Waals surface area (Å²) in [5.74, 6) is 0. The molecule has 0 unspecified atom stereocenters. The average Bonchev–Trinajstić information content (AvgIpc) is 2.40. The van der Waals surface area contributed by atoms with Crippen molar-refractivity contribution in [2.24, 2.45) is 0 Å². The Bertz CT molecular complexity index is 248. The number of hydrogen-bond donors (Lipinski definition) is 1. The third-order valence-electron chi connectivity index (χ3n) is 5.25. The van der Waals surface area contributed by atoms with Crippen LogP contribution in [0.1, 0.15) is 46.5 Å². The first-order valence-corrected chi connectivity index (χ1v) is 7.71. The van der Waals surface area contributed by atoms with E-state index in [0.717, 1.165) is 12.1 Å². The van der Waals surface area contributed by atoms with Gasteiger partial charge < -0.3 is 15.1 Å². The third-order valence-corrected chi connectivity index (χ3v) is 5.25. The highest BCUT2D eigenvalue weighted by atomic mass is 15.2. The van der Waals surface area contributed by atoms with Gasteiger partial charge >= 0.3 is 0 Å². The SMILES string of the molecule is CNC1(C)CCN(C2CCN(C(C)C)CC2)CC1. The molecule has 2 saturated heterocycles. The Balaban J connectivity index is 1.78. The summed E-state index contributed by atoms with van der Waals surface area (Å²) in [7, 11) is 2.11. The van der Waals surface area contributed by atoms with E-state index >= 15 is 0 Å². The van der Waals surface area contributed by atoms with Crippen molar-refractivity contribution in [2.45, 2.75) is 64.1 Å². The standard InChI is InChI=1S/C15H31N3/c1-13(2)17-9-5-14(6-10-17)18-11-7-15(3,16-4)8-12-18/h13-14,16H,5-12H2,1-4H3. The molecule has 0 radical (unpaired) electrons. The summed E-state index contributed by atoms with van der Waals surface area (Å²) in [5.41, 5.74) is 0.384. The van der Waals surface area contributed by atoms with E-state index in [0.29, 0.717) is 5.54 Å². The molecule has 2 aliphatic heterocycles. The zero-order chi connectivity index (χ0) is 13.2. The maximum Gasteiger partial charge on any atom is 0.0174 e. The average molecular weight is 253 g/mol. The molecule has 0 amide bonds. The summed E-state index contributed by atoms with van der Waals surface area (Å²) in [4.78, 5) is 5.37. The molecular weight excluding hydrogens is 222 g/mol.